The number of benzene rings is 1. The quantitative estimate of drug-likeness (QED) is 0.242. The summed E-state index contributed by atoms with van der Waals surface area (Å²) in [5.41, 5.74) is 1.39. The summed E-state index contributed by atoms with van der Waals surface area (Å²) in [6.07, 6.45) is 0.639. The standard InChI is InChI=1S/C21H24Cl3N3O2Si/c1-21(2,3)30(4,5)29-11-10-13-8-6-7-9-16(13)27-19-14(17(23)26-20(27)28)12-15(22)18(24)25-19/h6-9,12H,10-11H2,1-5H3. The van der Waals surface area contributed by atoms with Gasteiger partial charge in [-0.3, -0.25) is 0 Å². The van der Waals surface area contributed by atoms with Gasteiger partial charge in [0.05, 0.1) is 16.1 Å². The Balaban J connectivity index is 2.06. The Morgan fingerprint density at radius 1 is 1.07 bits per heavy atom. The van der Waals surface area contributed by atoms with Gasteiger partial charge in [0.25, 0.3) is 0 Å². The van der Waals surface area contributed by atoms with Crippen LogP contribution in [0.4, 0.5) is 0 Å². The zero-order valence-electron chi connectivity index (χ0n) is 17.6. The lowest BCUT2D eigenvalue weighted by molar-refractivity contribution is 0.292. The summed E-state index contributed by atoms with van der Waals surface area (Å²) in [6, 6.07) is 9.18. The van der Waals surface area contributed by atoms with Gasteiger partial charge in [0, 0.05) is 6.61 Å². The Labute approximate surface area is 192 Å². The lowest BCUT2D eigenvalue weighted by Crippen LogP contribution is -2.41. The number of halogens is 3. The molecule has 5 nitrogen and oxygen atoms in total. The van der Waals surface area contributed by atoms with Gasteiger partial charge in [-0.1, -0.05) is 73.8 Å². The zero-order valence-corrected chi connectivity index (χ0v) is 20.9. The van der Waals surface area contributed by atoms with E-state index < -0.39 is 14.0 Å². The summed E-state index contributed by atoms with van der Waals surface area (Å²) in [6.45, 7) is 11.6. The fourth-order valence-corrected chi connectivity index (χ4v) is 4.40. The summed E-state index contributed by atoms with van der Waals surface area (Å²) in [5, 5.41) is 0.959. The topological polar surface area (TPSA) is 57.0 Å². The monoisotopic (exact) mass is 483 g/mol. The van der Waals surface area contributed by atoms with Gasteiger partial charge in [-0.15, -0.1) is 0 Å². The maximum Gasteiger partial charge on any atom is 0.355 e. The van der Waals surface area contributed by atoms with E-state index in [0.717, 1.165) is 5.56 Å². The van der Waals surface area contributed by atoms with Crippen LogP contribution in [0.15, 0.2) is 35.1 Å². The summed E-state index contributed by atoms with van der Waals surface area (Å²) in [5.74, 6) is 0. The van der Waals surface area contributed by atoms with E-state index in [0.29, 0.717) is 29.7 Å². The van der Waals surface area contributed by atoms with Crippen LogP contribution in [0.3, 0.4) is 0 Å². The molecule has 3 aromatic rings. The molecule has 0 fully saturated rings. The Hall–Kier alpha value is -1.44. The van der Waals surface area contributed by atoms with Crippen LogP contribution in [0.25, 0.3) is 16.7 Å². The molecule has 0 bridgehead atoms. The highest BCUT2D eigenvalue weighted by molar-refractivity contribution is 6.74. The first-order chi connectivity index (χ1) is 13.9. The molecule has 0 saturated heterocycles. The minimum atomic E-state index is -1.87. The highest BCUT2D eigenvalue weighted by Gasteiger charge is 2.36. The van der Waals surface area contributed by atoms with Gasteiger partial charge in [-0.25, -0.2) is 14.3 Å². The van der Waals surface area contributed by atoms with Gasteiger partial charge < -0.3 is 4.43 Å². The lowest BCUT2D eigenvalue weighted by atomic mass is 10.1. The second kappa shape index (κ2) is 8.59. The molecule has 0 unspecified atom stereocenters. The second-order valence-electron chi connectivity index (χ2n) is 8.64. The third-order valence-corrected chi connectivity index (χ3v) is 11.1. The number of para-hydroxylation sites is 1. The second-order valence-corrected chi connectivity index (χ2v) is 14.6. The van der Waals surface area contributed by atoms with E-state index in [9.17, 15) is 4.79 Å². The third-order valence-electron chi connectivity index (χ3n) is 5.61. The molecule has 0 aliphatic rings. The van der Waals surface area contributed by atoms with E-state index in [1.54, 1.807) is 6.07 Å². The van der Waals surface area contributed by atoms with Crippen LogP contribution in [0.2, 0.25) is 33.5 Å². The maximum atomic E-state index is 12.8. The fraction of sp³-hybridized carbons (Fsp3) is 0.381. The Morgan fingerprint density at radius 3 is 2.40 bits per heavy atom. The van der Waals surface area contributed by atoms with Crippen LogP contribution in [-0.4, -0.2) is 29.5 Å². The smallest absolute Gasteiger partial charge is 0.355 e. The average Bonchev–Trinajstić information content (AvgIpc) is 2.63. The SMILES string of the molecule is CC(C)(C)[Si](C)(C)OCCc1ccccc1-n1c(=O)nc(Cl)c2cc(Cl)c(Cl)nc21. The number of fused-ring (bicyclic) bond motifs is 1. The highest BCUT2D eigenvalue weighted by atomic mass is 35.5. The first kappa shape index (κ1) is 23.2. The van der Waals surface area contributed by atoms with Crippen molar-refractivity contribution < 1.29 is 4.43 Å². The van der Waals surface area contributed by atoms with E-state index in [1.807, 2.05) is 24.3 Å². The molecular weight excluding hydrogens is 461 g/mol. The third kappa shape index (κ3) is 4.58. The van der Waals surface area contributed by atoms with Crippen LogP contribution < -0.4 is 5.69 Å². The summed E-state index contributed by atoms with van der Waals surface area (Å²) in [7, 11) is -1.87. The molecule has 0 amide bonds. The Bertz CT molecular complexity index is 1160. The van der Waals surface area contributed by atoms with Gasteiger partial charge in [-0.05, 0) is 42.2 Å². The first-order valence-corrected chi connectivity index (χ1v) is 13.6. The van der Waals surface area contributed by atoms with Crippen molar-refractivity contribution in [2.75, 3.05) is 6.61 Å². The summed E-state index contributed by atoms with van der Waals surface area (Å²) < 4.78 is 7.74. The molecule has 0 N–H and O–H groups in total. The maximum absolute atomic E-state index is 12.8. The number of rotatable bonds is 5. The number of nitrogens with zero attached hydrogens (tertiary/aromatic N) is 3. The predicted molar refractivity (Wildman–Crippen MR) is 127 cm³/mol. The van der Waals surface area contributed by atoms with Gasteiger partial charge in [0.1, 0.15) is 10.3 Å². The van der Waals surface area contributed by atoms with Gasteiger partial charge in [0.2, 0.25) is 0 Å². The molecule has 0 saturated carbocycles. The van der Waals surface area contributed by atoms with Gasteiger partial charge in [-0.2, -0.15) is 4.98 Å². The van der Waals surface area contributed by atoms with Crippen molar-refractivity contribution in [3.8, 4) is 5.69 Å². The van der Waals surface area contributed by atoms with Crippen LogP contribution in [0, 0.1) is 0 Å². The number of hydrogen-bond donors (Lipinski definition) is 0. The molecule has 0 aliphatic heterocycles. The Kier molecular flexibility index (Phi) is 6.65. The average molecular weight is 485 g/mol. The van der Waals surface area contributed by atoms with Crippen LogP contribution in [-0.2, 0) is 10.8 Å². The fourth-order valence-electron chi connectivity index (χ4n) is 2.85. The van der Waals surface area contributed by atoms with Crippen molar-refractivity contribution in [1.29, 1.82) is 0 Å². The zero-order chi connectivity index (χ0) is 22.3. The highest BCUT2D eigenvalue weighted by Crippen LogP contribution is 2.36. The number of hydrogen-bond acceptors (Lipinski definition) is 4. The van der Waals surface area contributed by atoms with Crippen LogP contribution in [0.5, 0.6) is 0 Å². The molecule has 9 heteroatoms. The van der Waals surface area contributed by atoms with E-state index in [2.05, 4.69) is 43.8 Å². The molecular formula is C21H24Cl3N3O2Si. The number of aromatic nitrogens is 3. The largest absolute Gasteiger partial charge is 0.416 e. The molecule has 0 radical (unpaired) electrons. The summed E-state index contributed by atoms with van der Waals surface area (Å²) in [4.78, 5) is 21.1. The van der Waals surface area contributed by atoms with Crippen molar-refractivity contribution in [3.63, 3.8) is 0 Å². The van der Waals surface area contributed by atoms with E-state index in [-0.39, 0.29) is 20.4 Å². The first-order valence-electron chi connectivity index (χ1n) is 9.59. The molecule has 0 aliphatic carbocycles. The van der Waals surface area contributed by atoms with Crippen LogP contribution >= 0.6 is 34.8 Å². The molecule has 3 rings (SSSR count). The predicted octanol–water partition coefficient (Wildman–Crippen LogP) is 6.31. The molecule has 0 spiro atoms. The van der Waals surface area contributed by atoms with E-state index in [1.165, 1.54) is 4.57 Å². The molecule has 2 heterocycles. The van der Waals surface area contributed by atoms with Crippen molar-refractivity contribution in [1.82, 2.24) is 14.5 Å². The van der Waals surface area contributed by atoms with Gasteiger partial charge in [0.15, 0.2) is 14.0 Å². The molecule has 1 aromatic carbocycles. The van der Waals surface area contributed by atoms with E-state index >= 15 is 0 Å². The molecule has 0 atom stereocenters. The van der Waals surface area contributed by atoms with Crippen LogP contribution in [0.1, 0.15) is 26.3 Å². The van der Waals surface area contributed by atoms with Crippen molar-refractivity contribution in [2.24, 2.45) is 0 Å². The molecule has 160 valence electrons. The van der Waals surface area contributed by atoms with E-state index in [4.69, 9.17) is 39.2 Å². The lowest BCUT2D eigenvalue weighted by Gasteiger charge is -2.36. The normalized spacial score (nSPS) is 12.5. The Morgan fingerprint density at radius 2 is 1.73 bits per heavy atom. The molecule has 30 heavy (non-hydrogen) atoms. The van der Waals surface area contributed by atoms with Crippen molar-refractivity contribution in [2.45, 2.75) is 45.3 Å². The van der Waals surface area contributed by atoms with Crippen molar-refractivity contribution in [3.05, 3.63) is 61.7 Å². The number of pyridine rings is 1. The van der Waals surface area contributed by atoms with Gasteiger partial charge >= 0.3 is 5.69 Å². The molecule has 2 aromatic heterocycles. The minimum Gasteiger partial charge on any atom is -0.416 e. The van der Waals surface area contributed by atoms with Crippen molar-refractivity contribution >= 4 is 54.2 Å². The minimum absolute atomic E-state index is 0.0380. The summed E-state index contributed by atoms with van der Waals surface area (Å²) >= 11 is 18.4.